The van der Waals surface area contributed by atoms with E-state index in [1.807, 2.05) is 0 Å². The minimum Gasteiger partial charge on any atom is -0.323 e. The number of urea groups is 1. The van der Waals surface area contributed by atoms with Crippen molar-refractivity contribution in [2.75, 3.05) is 6.54 Å². The van der Waals surface area contributed by atoms with Gasteiger partial charge in [-0.1, -0.05) is 33.1 Å². The summed E-state index contributed by atoms with van der Waals surface area (Å²) in [5.41, 5.74) is -0.617. The molecule has 112 valence electrons. The minimum atomic E-state index is -0.617. The monoisotopic (exact) mass is 278 g/mol. The van der Waals surface area contributed by atoms with Crippen LogP contribution in [0, 0.1) is 17.8 Å². The Hall–Kier alpha value is -1.06. The molecule has 3 aliphatic rings. The summed E-state index contributed by atoms with van der Waals surface area (Å²) in [7, 11) is 0. The molecule has 1 saturated heterocycles. The van der Waals surface area contributed by atoms with Gasteiger partial charge in [-0.15, -0.1) is 0 Å². The highest BCUT2D eigenvalue weighted by atomic mass is 16.2. The smallest absolute Gasteiger partial charge is 0.323 e. The predicted molar refractivity (Wildman–Crippen MR) is 77.1 cm³/mol. The molecule has 0 aromatic carbocycles. The molecule has 0 bridgehead atoms. The van der Waals surface area contributed by atoms with E-state index >= 15 is 0 Å². The Bertz CT molecular complexity index is 405. The first-order valence-electron chi connectivity index (χ1n) is 8.19. The summed E-state index contributed by atoms with van der Waals surface area (Å²) in [5, 5.41) is 3.08. The summed E-state index contributed by atoms with van der Waals surface area (Å²) >= 11 is 0. The fraction of sp³-hybridized carbons (Fsp3) is 0.875. The Morgan fingerprint density at radius 2 is 1.65 bits per heavy atom. The van der Waals surface area contributed by atoms with Crippen molar-refractivity contribution in [1.82, 2.24) is 10.2 Å². The van der Waals surface area contributed by atoms with Crippen molar-refractivity contribution in [3.05, 3.63) is 0 Å². The molecular formula is C16H26N2O2. The zero-order valence-electron chi connectivity index (χ0n) is 12.7. The molecule has 20 heavy (non-hydrogen) atoms. The maximum atomic E-state index is 12.9. The Labute approximate surface area is 121 Å². The number of nitrogens with one attached hydrogen (secondary N) is 1. The average Bonchev–Trinajstić information content (AvgIpc) is 2.99. The Balaban J connectivity index is 1.81. The van der Waals surface area contributed by atoms with Gasteiger partial charge < -0.3 is 5.32 Å². The molecule has 0 radical (unpaired) electrons. The molecular weight excluding hydrogens is 252 g/mol. The fourth-order valence-electron chi connectivity index (χ4n) is 4.57. The second kappa shape index (κ2) is 5.05. The van der Waals surface area contributed by atoms with Gasteiger partial charge in [-0.25, -0.2) is 4.79 Å². The van der Waals surface area contributed by atoms with E-state index in [-0.39, 0.29) is 23.8 Å². The Kier molecular flexibility index (Phi) is 3.51. The van der Waals surface area contributed by atoms with E-state index in [9.17, 15) is 9.59 Å². The molecule has 3 fully saturated rings. The first-order chi connectivity index (χ1) is 9.55. The highest BCUT2D eigenvalue weighted by Gasteiger charge is 2.58. The maximum absolute atomic E-state index is 12.9. The van der Waals surface area contributed by atoms with E-state index in [1.165, 1.54) is 17.7 Å². The third-order valence-corrected chi connectivity index (χ3v) is 5.90. The Morgan fingerprint density at radius 1 is 1.05 bits per heavy atom. The average molecular weight is 278 g/mol. The molecule has 1 aliphatic heterocycles. The summed E-state index contributed by atoms with van der Waals surface area (Å²) in [4.78, 5) is 26.8. The van der Waals surface area contributed by atoms with Gasteiger partial charge in [0.25, 0.3) is 5.91 Å². The van der Waals surface area contributed by atoms with Crippen LogP contribution in [0.15, 0.2) is 0 Å². The molecule has 3 rings (SSSR count). The van der Waals surface area contributed by atoms with Crippen LogP contribution in [-0.2, 0) is 4.79 Å². The van der Waals surface area contributed by atoms with Crippen molar-refractivity contribution < 1.29 is 9.59 Å². The molecule has 0 aromatic heterocycles. The molecule has 2 aliphatic carbocycles. The Morgan fingerprint density at radius 3 is 2.25 bits per heavy atom. The van der Waals surface area contributed by atoms with E-state index < -0.39 is 5.54 Å². The molecule has 1 N–H and O–H groups in total. The van der Waals surface area contributed by atoms with Crippen molar-refractivity contribution >= 4 is 11.9 Å². The number of carbonyl (C=O) groups excluding carboxylic acids is 2. The zero-order chi connectivity index (χ0) is 14.3. The summed E-state index contributed by atoms with van der Waals surface area (Å²) in [6.07, 6.45) is 8.04. The quantitative estimate of drug-likeness (QED) is 0.790. The van der Waals surface area contributed by atoms with E-state index in [0.29, 0.717) is 12.5 Å². The fourth-order valence-corrected chi connectivity index (χ4v) is 4.57. The summed E-state index contributed by atoms with van der Waals surface area (Å²) in [6, 6.07) is -0.150. The lowest BCUT2D eigenvalue weighted by atomic mass is 9.67. The molecule has 1 heterocycles. The number of imide groups is 1. The molecule has 2 atom stereocenters. The second-order valence-electron chi connectivity index (χ2n) is 7.10. The van der Waals surface area contributed by atoms with Gasteiger partial charge in [-0.3, -0.25) is 9.69 Å². The SMILES string of the molecule is CC1CCCC(C)C12NC(=O)N(CC1CCCC1)C2=O. The largest absolute Gasteiger partial charge is 0.325 e. The minimum absolute atomic E-state index is 0.0501. The van der Waals surface area contributed by atoms with Crippen molar-refractivity contribution in [2.45, 2.75) is 64.3 Å². The van der Waals surface area contributed by atoms with Gasteiger partial charge in [0.05, 0.1) is 0 Å². The van der Waals surface area contributed by atoms with E-state index in [2.05, 4.69) is 19.2 Å². The van der Waals surface area contributed by atoms with Gasteiger partial charge in [0.15, 0.2) is 0 Å². The van der Waals surface area contributed by atoms with Gasteiger partial charge >= 0.3 is 6.03 Å². The summed E-state index contributed by atoms with van der Waals surface area (Å²) in [5.74, 6) is 1.07. The number of hydrogen-bond donors (Lipinski definition) is 1. The first-order valence-corrected chi connectivity index (χ1v) is 8.19. The van der Waals surface area contributed by atoms with Crippen LogP contribution in [0.2, 0.25) is 0 Å². The van der Waals surface area contributed by atoms with Crippen LogP contribution in [0.4, 0.5) is 4.79 Å². The standard InChI is InChI=1S/C16H26N2O2/c1-11-6-5-7-12(2)16(11)14(19)18(15(20)17-16)10-13-8-3-4-9-13/h11-13H,3-10H2,1-2H3,(H,17,20). The van der Waals surface area contributed by atoms with Crippen LogP contribution in [0.5, 0.6) is 0 Å². The zero-order valence-corrected chi connectivity index (χ0v) is 12.7. The third-order valence-electron chi connectivity index (χ3n) is 5.90. The van der Waals surface area contributed by atoms with E-state index in [1.54, 1.807) is 0 Å². The molecule has 4 heteroatoms. The van der Waals surface area contributed by atoms with Gasteiger partial charge in [0.2, 0.25) is 0 Å². The molecule has 0 aromatic rings. The predicted octanol–water partition coefficient (Wildman–Crippen LogP) is 2.92. The normalized spacial score (nSPS) is 38.8. The lowest BCUT2D eigenvalue weighted by Crippen LogP contribution is -2.59. The van der Waals surface area contributed by atoms with Crippen molar-refractivity contribution in [3.8, 4) is 0 Å². The number of nitrogens with zero attached hydrogens (tertiary/aromatic N) is 1. The number of hydrogen-bond acceptors (Lipinski definition) is 2. The summed E-state index contributed by atoms with van der Waals surface area (Å²) in [6.45, 7) is 4.87. The molecule has 3 amide bonds. The van der Waals surface area contributed by atoms with Gasteiger partial charge in [0.1, 0.15) is 5.54 Å². The molecule has 2 saturated carbocycles. The van der Waals surface area contributed by atoms with Crippen molar-refractivity contribution in [2.24, 2.45) is 17.8 Å². The maximum Gasteiger partial charge on any atom is 0.325 e. The third kappa shape index (κ3) is 1.95. The lowest BCUT2D eigenvalue weighted by Gasteiger charge is -2.42. The lowest BCUT2D eigenvalue weighted by molar-refractivity contribution is -0.137. The van der Waals surface area contributed by atoms with Gasteiger partial charge in [-0.2, -0.15) is 0 Å². The van der Waals surface area contributed by atoms with Crippen LogP contribution in [0.25, 0.3) is 0 Å². The van der Waals surface area contributed by atoms with Crippen LogP contribution in [0.3, 0.4) is 0 Å². The second-order valence-corrected chi connectivity index (χ2v) is 7.10. The topological polar surface area (TPSA) is 49.4 Å². The number of carbonyl (C=O) groups is 2. The molecule has 4 nitrogen and oxygen atoms in total. The van der Waals surface area contributed by atoms with Crippen molar-refractivity contribution in [1.29, 1.82) is 0 Å². The first kappa shape index (κ1) is 13.9. The van der Waals surface area contributed by atoms with Crippen molar-refractivity contribution in [3.63, 3.8) is 0 Å². The molecule has 2 unspecified atom stereocenters. The summed E-state index contributed by atoms with van der Waals surface area (Å²) < 4.78 is 0. The van der Waals surface area contributed by atoms with E-state index in [0.717, 1.165) is 32.1 Å². The van der Waals surface area contributed by atoms with Crippen LogP contribution >= 0.6 is 0 Å². The number of amides is 3. The highest BCUT2D eigenvalue weighted by Crippen LogP contribution is 2.42. The van der Waals surface area contributed by atoms with Crippen LogP contribution < -0.4 is 5.32 Å². The molecule has 1 spiro atoms. The van der Waals surface area contributed by atoms with E-state index in [4.69, 9.17) is 0 Å². The van der Waals surface area contributed by atoms with Gasteiger partial charge in [0, 0.05) is 6.54 Å². The van der Waals surface area contributed by atoms with Gasteiger partial charge in [-0.05, 0) is 43.4 Å². The highest BCUT2D eigenvalue weighted by molar-refractivity contribution is 6.07. The van der Waals surface area contributed by atoms with Crippen LogP contribution in [0.1, 0.15) is 58.8 Å². The van der Waals surface area contributed by atoms with Crippen LogP contribution in [-0.4, -0.2) is 28.9 Å². The number of rotatable bonds is 2.